The summed E-state index contributed by atoms with van der Waals surface area (Å²) in [6.07, 6.45) is 10.2. The highest BCUT2D eigenvalue weighted by Gasteiger charge is 2.27. The number of hydrogen-bond acceptors (Lipinski definition) is 6. The standard InChI is InChI=1S/C24H29N3O3S2/c1-2-16-8-5-6-12-26(16)20(28)15-31-24-25-22-21(18-10-3-4-11-19(18)32-22)23(29)27(24)14-17-9-7-13-30-17/h7,9,13,16H,2-6,8,10-12,14-15H2,1H3. The van der Waals surface area contributed by atoms with E-state index in [0.717, 1.165) is 55.3 Å². The number of rotatable bonds is 6. The third kappa shape index (κ3) is 4.15. The van der Waals surface area contributed by atoms with Gasteiger partial charge in [0, 0.05) is 17.5 Å². The number of thioether (sulfide) groups is 1. The summed E-state index contributed by atoms with van der Waals surface area (Å²) in [5, 5.41) is 1.38. The summed E-state index contributed by atoms with van der Waals surface area (Å²) in [7, 11) is 0. The maximum absolute atomic E-state index is 13.6. The Morgan fingerprint density at radius 2 is 2.16 bits per heavy atom. The van der Waals surface area contributed by atoms with Crippen LogP contribution in [0.3, 0.4) is 0 Å². The predicted octanol–water partition coefficient (Wildman–Crippen LogP) is 4.86. The maximum atomic E-state index is 13.6. The first-order chi connectivity index (χ1) is 15.7. The number of thiophene rings is 1. The zero-order valence-corrected chi connectivity index (χ0v) is 20.1. The molecule has 0 bridgehead atoms. The minimum atomic E-state index is -0.00911. The molecule has 8 heteroatoms. The summed E-state index contributed by atoms with van der Waals surface area (Å²) in [6.45, 7) is 3.32. The van der Waals surface area contributed by atoms with Crippen molar-refractivity contribution in [3.63, 3.8) is 0 Å². The molecule has 0 aromatic carbocycles. The van der Waals surface area contributed by atoms with E-state index in [9.17, 15) is 9.59 Å². The van der Waals surface area contributed by atoms with E-state index in [2.05, 4.69) is 6.92 Å². The molecule has 1 saturated heterocycles. The van der Waals surface area contributed by atoms with E-state index >= 15 is 0 Å². The van der Waals surface area contributed by atoms with Gasteiger partial charge in [0.25, 0.3) is 5.56 Å². The Labute approximate surface area is 196 Å². The van der Waals surface area contributed by atoms with Crippen LogP contribution >= 0.6 is 23.1 Å². The molecule has 1 atom stereocenters. The minimum absolute atomic E-state index is 0.00911. The van der Waals surface area contributed by atoms with Gasteiger partial charge in [0.1, 0.15) is 10.6 Å². The van der Waals surface area contributed by atoms with E-state index in [1.165, 1.54) is 35.0 Å². The lowest BCUT2D eigenvalue weighted by molar-refractivity contribution is -0.132. The van der Waals surface area contributed by atoms with Gasteiger partial charge >= 0.3 is 0 Å². The number of nitrogens with zero attached hydrogens (tertiary/aromatic N) is 3. The van der Waals surface area contributed by atoms with E-state index in [1.54, 1.807) is 22.2 Å². The van der Waals surface area contributed by atoms with Gasteiger partial charge in [-0.2, -0.15) is 0 Å². The molecule has 0 N–H and O–H groups in total. The maximum Gasteiger partial charge on any atom is 0.263 e. The first kappa shape index (κ1) is 21.8. The van der Waals surface area contributed by atoms with E-state index in [-0.39, 0.29) is 11.5 Å². The molecular formula is C24H29N3O3S2. The number of likely N-dealkylation sites (tertiary alicyclic amines) is 1. The number of piperidine rings is 1. The lowest BCUT2D eigenvalue weighted by atomic mass is 9.97. The lowest BCUT2D eigenvalue weighted by Crippen LogP contribution is -2.44. The summed E-state index contributed by atoms with van der Waals surface area (Å²) in [6, 6.07) is 4.04. The minimum Gasteiger partial charge on any atom is -0.467 e. The second-order valence-corrected chi connectivity index (χ2v) is 10.7. The number of carbonyl (C=O) groups is 1. The highest BCUT2D eigenvalue weighted by molar-refractivity contribution is 7.99. The molecule has 170 valence electrons. The summed E-state index contributed by atoms with van der Waals surface area (Å²) in [5.41, 5.74) is 1.18. The van der Waals surface area contributed by atoms with E-state index in [4.69, 9.17) is 9.40 Å². The zero-order valence-electron chi connectivity index (χ0n) is 18.5. The molecule has 0 radical (unpaired) electrons. The first-order valence-corrected chi connectivity index (χ1v) is 13.5. The van der Waals surface area contributed by atoms with Crippen molar-refractivity contribution in [2.45, 2.75) is 76.0 Å². The van der Waals surface area contributed by atoms with Gasteiger partial charge < -0.3 is 9.32 Å². The first-order valence-electron chi connectivity index (χ1n) is 11.7. The number of aryl methyl sites for hydroxylation is 2. The third-order valence-electron chi connectivity index (χ3n) is 6.68. The second-order valence-electron chi connectivity index (χ2n) is 8.69. The van der Waals surface area contributed by atoms with Crippen LogP contribution in [0.15, 0.2) is 32.8 Å². The SMILES string of the molecule is CCC1CCCCN1C(=O)CSc1nc2sc3c(c2c(=O)n1Cc1ccco1)CCCC3. The molecule has 0 spiro atoms. The highest BCUT2D eigenvalue weighted by atomic mass is 32.2. The summed E-state index contributed by atoms with van der Waals surface area (Å²) < 4.78 is 7.24. The largest absolute Gasteiger partial charge is 0.467 e. The molecule has 6 nitrogen and oxygen atoms in total. The molecule has 1 fully saturated rings. The molecule has 3 aromatic heterocycles. The van der Waals surface area contributed by atoms with Crippen LogP contribution in [0.25, 0.3) is 10.2 Å². The van der Waals surface area contributed by atoms with Gasteiger partial charge in [-0.05, 0) is 69.1 Å². The van der Waals surface area contributed by atoms with Crippen molar-refractivity contribution >= 4 is 39.2 Å². The van der Waals surface area contributed by atoms with Crippen LogP contribution in [0.5, 0.6) is 0 Å². The van der Waals surface area contributed by atoms with Gasteiger partial charge in [-0.15, -0.1) is 11.3 Å². The number of aromatic nitrogens is 2. The number of fused-ring (bicyclic) bond motifs is 3. The number of hydrogen-bond donors (Lipinski definition) is 0. The predicted molar refractivity (Wildman–Crippen MR) is 129 cm³/mol. The molecule has 1 unspecified atom stereocenters. The Bertz CT molecular complexity index is 1170. The van der Waals surface area contributed by atoms with Crippen LogP contribution in [0, 0.1) is 0 Å². The molecule has 1 amide bonds. The van der Waals surface area contributed by atoms with Crippen LogP contribution in [-0.4, -0.2) is 38.7 Å². The number of furan rings is 1. The van der Waals surface area contributed by atoms with Gasteiger partial charge in [-0.3, -0.25) is 14.2 Å². The zero-order chi connectivity index (χ0) is 22.1. The molecule has 4 heterocycles. The quantitative estimate of drug-likeness (QED) is 0.379. The molecule has 5 rings (SSSR count). The van der Waals surface area contributed by atoms with Crippen LogP contribution in [0.2, 0.25) is 0 Å². The van der Waals surface area contributed by atoms with Crippen LogP contribution in [-0.2, 0) is 24.2 Å². The Kier molecular flexibility index (Phi) is 6.42. The highest BCUT2D eigenvalue weighted by Crippen LogP contribution is 2.35. The Hall–Kier alpha value is -2.06. The average molecular weight is 472 g/mol. The molecule has 2 aliphatic rings. The summed E-state index contributed by atoms with van der Waals surface area (Å²) in [4.78, 5) is 35.7. The molecule has 1 aliphatic carbocycles. The molecule has 0 saturated carbocycles. The van der Waals surface area contributed by atoms with Crippen molar-refractivity contribution in [2.24, 2.45) is 0 Å². The van der Waals surface area contributed by atoms with Gasteiger partial charge in [0.15, 0.2) is 5.16 Å². The van der Waals surface area contributed by atoms with Gasteiger partial charge in [-0.25, -0.2) is 4.98 Å². The normalized spacial score (nSPS) is 18.8. The fraction of sp³-hybridized carbons (Fsp3) is 0.542. The fourth-order valence-corrected chi connectivity index (χ4v) is 7.18. The van der Waals surface area contributed by atoms with Crippen molar-refractivity contribution in [1.29, 1.82) is 0 Å². The monoisotopic (exact) mass is 471 g/mol. The molecule has 3 aromatic rings. The number of amides is 1. The Balaban J connectivity index is 1.48. The molecule has 32 heavy (non-hydrogen) atoms. The Morgan fingerprint density at radius 3 is 2.97 bits per heavy atom. The molecular weight excluding hydrogens is 442 g/mol. The van der Waals surface area contributed by atoms with E-state index in [0.29, 0.717) is 29.3 Å². The third-order valence-corrected chi connectivity index (χ3v) is 8.82. The second kappa shape index (κ2) is 9.43. The fourth-order valence-electron chi connectivity index (χ4n) is 4.99. The van der Waals surface area contributed by atoms with Crippen molar-refractivity contribution < 1.29 is 9.21 Å². The van der Waals surface area contributed by atoms with Gasteiger partial charge in [0.05, 0.1) is 23.9 Å². The smallest absolute Gasteiger partial charge is 0.263 e. The van der Waals surface area contributed by atoms with Crippen molar-refractivity contribution in [3.8, 4) is 0 Å². The van der Waals surface area contributed by atoms with Crippen LogP contribution in [0.4, 0.5) is 0 Å². The van der Waals surface area contributed by atoms with Crippen LogP contribution in [0.1, 0.15) is 61.6 Å². The topological polar surface area (TPSA) is 68.3 Å². The van der Waals surface area contributed by atoms with E-state index in [1.807, 2.05) is 17.0 Å². The van der Waals surface area contributed by atoms with Crippen LogP contribution < -0.4 is 5.56 Å². The lowest BCUT2D eigenvalue weighted by Gasteiger charge is -2.35. The molecule has 1 aliphatic heterocycles. The summed E-state index contributed by atoms with van der Waals surface area (Å²) in [5.74, 6) is 1.16. The van der Waals surface area contributed by atoms with Crippen molar-refractivity contribution in [2.75, 3.05) is 12.3 Å². The Morgan fingerprint density at radius 1 is 1.28 bits per heavy atom. The van der Waals surface area contributed by atoms with Gasteiger partial charge in [0.2, 0.25) is 5.91 Å². The van der Waals surface area contributed by atoms with Crippen molar-refractivity contribution in [3.05, 3.63) is 45.0 Å². The van der Waals surface area contributed by atoms with Gasteiger partial charge in [-0.1, -0.05) is 18.7 Å². The average Bonchev–Trinajstić information content (AvgIpc) is 3.47. The number of carbonyl (C=O) groups excluding carboxylic acids is 1. The van der Waals surface area contributed by atoms with Crippen molar-refractivity contribution in [1.82, 2.24) is 14.5 Å². The summed E-state index contributed by atoms with van der Waals surface area (Å²) >= 11 is 3.04. The van der Waals surface area contributed by atoms with E-state index < -0.39 is 0 Å².